The number of aromatic nitrogens is 3. The number of carbonyl (C=O) groups excluding carboxylic acids is 2. The van der Waals surface area contributed by atoms with Crippen LogP contribution in [0.4, 0.5) is 0 Å². The Balaban J connectivity index is 1.60. The molecule has 0 bridgehead atoms. The van der Waals surface area contributed by atoms with Crippen LogP contribution in [0.25, 0.3) is 10.9 Å². The molecule has 0 N–H and O–H groups in total. The second-order valence-corrected chi connectivity index (χ2v) is 8.23. The van der Waals surface area contributed by atoms with Crippen LogP contribution < -0.4 is 0 Å². The summed E-state index contributed by atoms with van der Waals surface area (Å²) in [6.07, 6.45) is 2.39. The maximum atomic E-state index is 13.5. The maximum Gasteiger partial charge on any atom is 0.309 e. The summed E-state index contributed by atoms with van der Waals surface area (Å²) in [6.45, 7) is 7.11. The van der Waals surface area contributed by atoms with Crippen LogP contribution in [-0.2, 0) is 23.1 Å². The number of nitrogens with zero attached hydrogens (tertiary/aromatic N) is 4. The van der Waals surface area contributed by atoms with Crippen LogP contribution in [0.1, 0.15) is 40.7 Å². The molecule has 1 aromatic carbocycles. The van der Waals surface area contributed by atoms with Gasteiger partial charge < -0.3 is 9.64 Å². The van der Waals surface area contributed by atoms with Gasteiger partial charge in [-0.25, -0.2) is 0 Å². The quantitative estimate of drug-likeness (QED) is 0.547. The van der Waals surface area contributed by atoms with Crippen molar-refractivity contribution in [2.24, 2.45) is 18.9 Å². The summed E-state index contributed by atoms with van der Waals surface area (Å²) in [6, 6.07) is 9.64. The van der Waals surface area contributed by atoms with Gasteiger partial charge >= 0.3 is 5.97 Å². The van der Waals surface area contributed by atoms with Crippen LogP contribution >= 0.6 is 0 Å². The van der Waals surface area contributed by atoms with Crippen LogP contribution in [0.5, 0.6) is 0 Å². The fourth-order valence-electron chi connectivity index (χ4n) is 4.10. The molecule has 0 radical (unpaired) electrons. The van der Waals surface area contributed by atoms with Gasteiger partial charge in [0.2, 0.25) is 0 Å². The van der Waals surface area contributed by atoms with Crippen LogP contribution in [0.2, 0.25) is 0 Å². The molecule has 2 heterocycles. The van der Waals surface area contributed by atoms with Crippen molar-refractivity contribution in [3.05, 3.63) is 59.0 Å². The third-order valence-electron chi connectivity index (χ3n) is 6.10. The SMILES string of the molecule is CCOC(=O)[C@H]1C[C@H]1CN(Cc1c(C)nn(C)c1C)C(=O)c1cnc2ccccc2c1. The van der Waals surface area contributed by atoms with E-state index in [0.717, 1.165) is 34.3 Å². The highest BCUT2D eigenvalue weighted by atomic mass is 16.5. The predicted octanol–water partition coefficient (Wildman–Crippen LogP) is 3.43. The first-order valence-corrected chi connectivity index (χ1v) is 10.7. The fraction of sp³-hybridized carbons (Fsp3) is 0.417. The van der Waals surface area contributed by atoms with E-state index in [1.54, 1.807) is 6.20 Å². The van der Waals surface area contributed by atoms with E-state index < -0.39 is 0 Å². The molecule has 1 aliphatic rings. The lowest BCUT2D eigenvalue weighted by atomic mass is 10.1. The van der Waals surface area contributed by atoms with Gasteiger partial charge in [-0.05, 0) is 45.2 Å². The van der Waals surface area contributed by atoms with E-state index in [2.05, 4.69) is 10.1 Å². The monoisotopic (exact) mass is 420 g/mol. The summed E-state index contributed by atoms with van der Waals surface area (Å²) >= 11 is 0. The minimum absolute atomic E-state index is 0.0876. The number of benzene rings is 1. The zero-order valence-corrected chi connectivity index (χ0v) is 18.5. The van der Waals surface area contributed by atoms with Gasteiger partial charge in [0, 0.05) is 43.0 Å². The largest absolute Gasteiger partial charge is 0.466 e. The van der Waals surface area contributed by atoms with Gasteiger partial charge in [-0.15, -0.1) is 0 Å². The van der Waals surface area contributed by atoms with Gasteiger partial charge in [0.1, 0.15) is 0 Å². The van der Waals surface area contributed by atoms with Gasteiger partial charge in [-0.1, -0.05) is 18.2 Å². The van der Waals surface area contributed by atoms with Crippen molar-refractivity contribution in [2.45, 2.75) is 33.7 Å². The van der Waals surface area contributed by atoms with E-state index in [9.17, 15) is 9.59 Å². The molecule has 2 aromatic heterocycles. The lowest BCUT2D eigenvalue weighted by Gasteiger charge is -2.23. The minimum Gasteiger partial charge on any atom is -0.466 e. The molecule has 2 atom stereocenters. The topological polar surface area (TPSA) is 77.3 Å². The van der Waals surface area contributed by atoms with Gasteiger partial charge in [0.05, 0.1) is 29.3 Å². The lowest BCUT2D eigenvalue weighted by molar-refractivity contribution is -0.145. The number of aryl methyl sites for hydroxylation is 2. The molecule has 31 heavy (non-hydrogen) atoms. The van der Waals surface area contributed by atoms with E-state index in [1.165, 1.54) is 0 Å². The Kier molecular flexibility index (Phi) is 5.76. The Morgan fingerprint density at radius 1 is 1.26 bits per heavy atom. The molecular weight excluding hydrogens is 392 g/mol. The van der Waals surface area contributed by atoms with Crippen molar-refractivity contribution in [1.82, 2.24) is 19.7 Å². The van der Waals surface area contributed by atoms with Gasteiger partial charge in [-0.2, -0.15) is 5.10 Å². The van der Waals surface area contributed by atoms with Crippen molar-refractivity contribution in [3.63, 3.8) is 0 Å². The zero-order valence-electron chi connectivity index (χ0n) is 18.5. The Morgan fingerprint density at radius 2 is 2.03 bits per heavy atom. The molecule has 1 fully saturated rings. The fourth-order valence-corrected chi connectivity index (χ4v) is 4.10. The highest BCUT2D eigenvalue weighted by Gasteiger charge is 2.45. The van der Waals surface area contributed by atoms with E-state index in [0.29, 0.717) is 25.3 Å². The summed E-state index contributed by atoms with van der Waals surface area (Å²) in [5.74, 6) is -0.258. The Morgan fingerprint density at radius 3 is 2.74 bits per heavy atom. The molecule has 0 unspecified atom stereocenters. The molecule has 7 heteroatoms. The normalized spacial score (nSPS) is 17.5. The second-order valence-electron chi connectivity index (χ2n) is 8.23. The van der Waals surface area contributed by atoms with Gasteiger partial charge in [-0.3, -0.25) is 19.3 Å². The average molecular weight is 421 g/mol. The van der Waals surface area contributed by atoms with E-state index >= 15 is 0 Å². The second kappa shape index (κ2) is 8.49. The van der Waals surface area contributed by atoms with Crippen LogP contribution in [0.3, 0.4) is 0 Å². The van der Waals surface area contributed by atoms with Crippen molar-refractivity contribution in [1.29, 1.82) is 0 Å². The van der Waals surface area contributed by atoms with Crippen molar-refractivity contribution in [3.8, 4) is 0 Å². The van der Waals surface area contributed by atoms with E-state index in [4.69, 9.17) is 4.74 Å². The minimum atomic E-state index is -0.166. The Bertz CT molecular complexity index is 1140. The highest BCUT2D eigenvalue weighted by molar-refractivity contribution is 5.97. The zero-order chi connectivity index (χ0) is 22.1. The number of fused-ring (bicyclic) bond motifs is 1. The number of pyridine rings is 1. The first-order chi connectivity index (χ1) is 14.9. The summed E-state index contributed by atoms with van der Waals surface area (Å²) in [5.41, 5.74) is 4.38. The van der Waals surface area contributed by atoms with Gasteiger partial charge in [0.15, 0.2) is 0 Å². The molecular formula is C24H28N4O3. The molecule has 1 aliphatic carbocycles. The molecule has 3 aromatic rings. The summed E-state index contributed by atoms with van der Waals surface area (Å²) in [7, 11) is 1.91. The molecule has 1 amide bonds. The first kappa shape index (κ1) is 21.0. The lowest BCUT2D eigenvalue weighted by Crippen LogP contribution is -2.33. The Labute approximate surface area is 182 Å². The molecule has 7 nitrogen and oxygen atoms in total. The molecule has 0 aliphatic heterocycles. The molecule has 0 spiro atoms. The van der Waals surface area contributed by atoms with Crippen LogP contribution in [0, 0.1) is 25.7 Å². The summed E-state index contributed by atoms with van der Waals surface area (Å²) < 4.78 is 7.00. The smallest absolute Gasteiger partial charge is 0.309 e. The van der Waals surface area contributed by atoms with E-state index in [-0.39, 0.29) is 23.7 Å². The first-order valence-electron chi connectivity index (χ1n) is 10.7. The number of hydrogen-bond donors (Lipinski definition) is 0. The maximum absolute atomic E-state index is 13.5. The summed E-state index contributed by atoms with van der Waals surface area (Å²) in [4.78, 5) is 31.9. The van der Waals surface area contributed by atoms with Crippen molar-refractivity contribution >= 4 is 22.8 Å². The number of rotatable bonds is 7. The summed E-state index contributed by atoms with van der Waals surface area (Å²) in [5, 5.41) is 5.42. The number of ether oxygens (including phenoxy) is 1. The third-order valence-corrected chi connectivity index (χ3v) is 6.10. The number of hydrogen-bond acceptors (Lipinski definition) is 5. The van der Waals surface area contributed by atoms with Gasteiger partial charge in [0.25, 0.3) is 5.91 Å². The third kappa shape index (κ3) is 4.31. The number of esters is 1. The Hall–Kier alpha value is -3.22. The van der Waals surface area contributed by atoms with Crippen molar-refractivity contribution < 1.29 is 14.3 Å². The number of para-hydroxylation sites is 1. The number of carbonyl (C=O) groups is 2. The van der Waals surface area contributed by atoms with E-state index in [1.807, 2.05) is 67.7 Å². The number of amides is 1. The molecule has 0 saturated heterocycles. The predicted molar refractivity (Wildman–Crippen MR) is 117 cm³/mol. The van der Waals surface area contributed by atoms with Crippen molar-refractivity contribution in [2.75, 3.05) is 13.2 Å². The van der Waals surface area contributed by atoms with Crippen LogP contribution in [0.15, 0.2) is 36.5 Å². The molecule has 1 saturated carbocycles. The average Bonchev–Trinajstić information content (AvgIpc) is 3.49. The standard InChI is InChI=1S/C24H28N4O3/c1-5-31-24(30)20-11-19(20)13-28(14-21-15(2)26-27(4)16(21)3)23(29)18-10-17-8-6-7-9-22(17)25-12-18/h6-10,12,19-20H,5,11,13-14H2,1-4H3/t19-,20-/m0/s1. The molecule has 4 rings (SSSR count). The molecule has 162 valence electrons. The van der Waals surface area contributed by atoms with Crippen LogP contribution in [-0.4, -0.2) is 44.7 Å². The highest BCUT2D eigenvalue weighted by Crippen LogP contribution is 2.40.